The van der Waals surface area contributed by atoms with E-state index in [4.69, 9.17) is 0 Å². The smallest absolute Gasteiger partial charge is 0.207 e. The zero-order valence-electron chi connectivity index (χ0n) is 8.99. The van der Waals surface area contributed by atoms with E-state index in [0.717, 1.165) is 18.6 Å². The topological polar surface area (TPSA) is 34.1 Å². The van der Waals surface area contributed by atoms with Crippen LogP contribution in [-0.2, 0) is 10.2 Å². The van der Waals surface area contributed by atoms with Crippen molar-refractivity contribution in [2.75, 3.05) is 0 Å². The molecule has 0 aliphatic rings. The normalized spacial score (nSPS) is 13.7. The first-order valence-electron chi connectivity index (χ1n) is 5.14. The molecule has 0 bridgehead atoms. The first-order chi connectivity index (χ1) is 7.45. The Labute approximate surface area is 94.5 Å². The van der Waals surface area contributed by atoms with Gasteiger partial charge in [-0.1, -0.05) is 31.9 Å². The van der Waals surface area contributed by atoms with Gasteiger partial charge in [0.25, 0.3) is 0 Å². The Balaban J connectivity index is 2.97. The van der Waals surface area contributed by atoms with Crippen molar-refractivity contribution in [2.24, 2.45) is 0 Å². The van der Waals surface area contributed by atoms with Crippen LogP contribution in [0.1, 0.15) is 37.0 Å². The molecule has 0 saturated carbocycles. The van der Waals surface area contributed by atoms with Gasteiger partial charge in [0.15, 0.2) is 0 Å². The summed E-state index contributed by atoms with van der Waals surface area (Å²) in [7, 11) is -4.63. The van der Waals surface area contributed by atoms with Gasteiger partial charge >= 0.3 is 10.2 Å². The molecule has 16 heavy (non-hydrogen) atoms. The van der Waals surface area contributed by atoms with Crippen molar-refractivity contribution in [1.29, 1.82) is 0 Å². The summed E-state index contributed by atoms with van der Waals surface area (Å²) in [6, 6.07) is 4.90. The van der Waals surface area contributed by atoms with E-state index in [1.165, 1.54) is 12.1 Å². The summed E-state index contributed by atoms with van der Waals surface area (Å²) in [6.07, 6.45) is 1.62. The largest absolute Gasteiger partial charge is 0.309 e. The molecule has 0 spiro atoms. The van der Waals surface area contributed by atoms with Crippen LogP contribution in [0.4, 0.5) is 8.28 Å². The number of rotatable bonds is 5. The zero-order chi connectivity index (χ0) is 12.2. The van der Waals surface area contributed by atoms with Crippen LogP contribution in [0.5, 0.6) is 0 Å². The minimum absolute atomic E-state index is 0.223. The summed E-state index contributed by atoms with van der Waals surface area (Å²) in [4.78, 5) is 0. The van der Waals surface area contributed by atoms with Crippen LogP contribution in [0.2, 0.25) is 0 Å². The highest BCUT2D eigenvalue weighted by Gasteiger charge is 2.25. The molecule has 0 saturated heterocycles. The lowest BCUT2D eigenvalue weighted by atomic mass is 10.1. The maximum Gasteiger partial charge on any atom is 0.309 e. The lowest BCUT2D eigenvalue weighted by molar-refractivity contribution is 0.524. The van der Waals surface area contributed by atoms with Gasteiger partial charge in [0.2, 0.25) is 0 Å². The van der Waals surface area contributed by atoms with Crippen LogP contribution >= 0.6 is 0 Å². The van der Waals surface area contributed by atoms with E-state index < -0.39 is 21.3 Å². The van der Waals surface area contributed by atoms with Crippen LogP contribution in [-0.4, -0.2) is 8.42 Å². The van der Waals surface area contributed by atoms with Gasteiger partial charge in [-0.15, -0.1) is 3.89 Å². The quantitative estimate of drug-likeness (QED) is 0.749. The van der Waals surface area contributed by atoms with Gasteiger partial charge in [0, 0.05) is 0 Å². The van der Waals surface area contributed by atoms with E-state index in [-0.39, 0.29) is 6.42 Å². The Hall–Kier alpha value is -0.970. The van der Waals surface area contributed by atoms with E-state index in [1.54, 1.807) is 0 Å². The Morgan fingerprint density at radius 1 is 1.25 bits per heavy atom. The van der Waals surface area contributed by atoms with Gasteiger partial charge in [0.05, 0.1) is 0 Å². The molecule has 1 atom stereocenters. The minimum Gasteiger partial charge on any atom is -0.207 e. The molecule has 1 unspecified atom stereocenters. The predicted octanol–water partition coefficient (Wildman–Crippen LogP) is 3.36. The molecule has 2 nitrogen and oxygen atoms in total. The van der Waals surface area contributed by atoms with Gasteiger partial charge < -0.3 is 0 Å². The molecule has 0 amide bonds. The van der Waals surface area contributed by atoms with Crippen molar-refractivity contribution < 1.29 is 16.7 Å². The lowest BCUT2D eigenvalue weighted by Crippen LogP contribution is -2.08. The second-order valence-corrected chi connectivity index (χ2v) is 5.18. The molecular formula is C11H14F2O2S. The SMILES string of the molecule is CCCCC(c1ccc(F)cc1)S(=O)(=O)F. The van der Waals surface area contributed by atoms with Crippen LogP contribution < -0.4 is 0 Å². The van der Waals surface area contributed by atoms with Crippen molar-refractivity contribution >= 4 is 10.2 Å². The molecule has 0 aliphatic carbocycles. The second kappa shape index (κ2) is 5.39. The van der Waals surface area contributed by atoms with Crippen molar-refractivity contribution in [3.8, 4) is 0 Å². The molecule has 90 valence electrons. The summed E-state index contributed by atoms with van der Waals surface area (Å²) >= 11 is 0. The Morgan fingerprint density at radius 3 is 2.25 bits per heavy atom. The lowest BCUT2D eigenvalue weighted by Gasteiger charge is -2.12. The van der Waals surface area contributed by atoms with E-state index in [0.29, 0.717) is 12.0 Å². The van der Waals surface area contributed by atoms with Crippen molar-refractivity contribution in [3.63, 3.8) is 0 Å². The molecule has 0 heterocycles. The summed E-state index contributed by atoms with van der Waals surface area (Å²) in [5, 5.41) is -1.17. The highest BCUT2D eigenvalue weighted by molar-refractivity contribution is 7.86. The summed E-state index contributed by atoms with van der Waals surface area (Å²) in [6.45, 7) is 1.90. The summed E-state index contributed by atoms with van der Waals surface area (Å²) < 4.78 is 47.6. The fourth-order valence-corrected chi connectivity index (χ4v) is 2.47. The molecule has 0 aromatic heterocycles. The Kier molecular flexibility index (Phi) is 4.41. The predicted molar refractivity (Wildman–Crippen MR) is 58.7 cm³/mol. The number of unbranched alkanes of at least 4 members (excludes halogenated alkanes) is 1. The third kappa shape index (κ3) is 3.56. The van der Waals surface area contributed by atoms with E-state index >= 15 is 0 Å². The van der Waals surface area contributed by atoms with Crippen LogP contribution in [0.25, 0.3) is 0 Å². The summed E-state index contributed by atoms with van der Waals surface area (Å²) in [5.41, 5.74) is 0.303. The first kappa shape index (κ1) is 13.1. The summed E-state index contributed by atoms with van der Waals surface area (Å²) in [5.74, 6) is -0.464. The van der Waals surface area contributed by atoms with Crippen LogP contribution in [0.3, 0.4) is 0 Å². The molecule has 1 aromatic rings. The number of hydrogen-bond acceptors (Lipinski definition) is 2. The van der Waals surface area contributed by atoms with Gasteiger partial charge in [-0.25, -0.2) is 4.39 Å². The minimum atomic E-state index is -4.63. The molecule has 0 aliphatic heterocycles. The molecule has 5 heteroatoms. The second-order valence-electron chi connectivity index (χ2n) is 3.66. The molecule has 0 fully saturated rings. The fraction of sp³-hybridized carbons (Fsp3) is 0.455. The third-order valence-electron chi connectivity index (χ3n) is 2.40. The van der Waals surface area contributed by atoms with Crippen molar-refractivity contribution in [2.45, 2.75) is 31.4 Å². The third-order valence-corrected chi connectivity index (χ3v) is 3.59. The average molecular weight is 248 g/mol. The number of halogens is 2. The molecule has 0 radical (unpaired) electrons. The highest BCUT2D eigenvalue weighted by atomic mass is 32.3. The fourth-order valence-electron chi connectivity index (χ4n) is 1.54. The zero-order valence-corrected chi connectivity index (χ0v) is 9.81. The van der Waals surface area contributed by atoms with Gasteiger partial charge in [-0.05, 0) is 24.1 Å². The standard InChI is InChI=1S/C11H14F2O2S/c1-2-3-4-11(16(13,14)15)9-5-7-10(12)8-6-9/h5-8,11H,2-4H2,1H3. The van der Waals surface area contributed by atoms with Crippen molar-refractivity contribution in [1.82, 2.24) is 0 Å². The van der Waals surface area contributed by atoms with Gasteiger partial charge in [-0.3, -0.25) is 0 Å². The number of benzene rings is 1. The molecule has 1 rings (SSSR count). The van der Waals surface area contributed by atoms with Gasteiger partial charge in [0.1, 0.15) is 11.1 Å². The number of hydrogen-bond donors (Lipinski definition) is 0. The monoisotopic (exact) mass is 248 g/mol. The maximum absolute atomic E-state index is 13.0. The molecular weight excluding hydrogens is 234 g/mol. The Morgan fingerprint density at radius 2 is 1.81 bits per heavy atom. The van der Waals surface area contributed by atoms with Crippen LogP contribution in [0, 0.1) is 5.82 Å². The van der Waals surface area contributed by atoms with E-state index in [9.17, 15) is 16.7 Å². The van der Waals surface area contributed by atoms with Crippen LogP contribution in [0.15, 0.2) is 24.3 Å². The average Bonchev–Trinajstić information content (AvgIpc) is 2.19. The highest BCUT2D eigenvalue weighted by Crippen LogP contribution is 2.29. The Bertz CT molecular complexity index is 426. The molecule has 1 aromatic carbocycles. The first-order valence-corrected chi connectivity index (χ1v) is 6.58. The van der Waals surface area contributed by atoms with E-state index in [1.807, 2.05) is 6.92 Å². The van der Waals surface area contributed by atoms with Crippen molar-refractivity contribution in [3.05, 3.63) is 35.6 Å². The maximum atomic E-state index is 13.0. The van der Waals surface area contributed by atoms with E-state index in [2.05, 4.69) is 0 Å². The molecule has 0 N–H and O–H groups in total. The van der Waals surface area contributed by atoms with Gasteiger partial charge in [-0.2, -0.15) is 8.42 Å².